The number of esters is 1. The van der Waals surface area contributed by atoms with Crippen LogP contribution in [0.5, 0.6) is 0 Å². The summed E-state index contributed by atoms with van der Waals surface area (Å²) in [4.78, 5) is 63.6. The van der Waals surface area contributed by atoms with Crippen LogP contribution < -0.4 is 5.32 Å². The lowest BCUT2D eigenvalue weighted by Gasteiger charge is -2.33. The summed E-state index contributed by atoms with van der Waals surface area (Å²) in [6, 6.07) is 5.23. The highest BCUT2D eigenvalue weighted by molar-refractivity contribution is 6.23. The quantitative estimate of drug-likeness (QED) is 0.407. The van der Waals surface area contributed by atoms with Crippen LogP contribution in [-0.4, -0.2) is 65.3 Å². The molecule has 0 bridgehead atoms. The largest absolute Gasteiger partial charge is 0.444 e. The molecule has 1 aromatic carbocycles. The van der Waals surface area contributed by atoms with Gasteiger partial charge in [-0.1, -0.05) is 19.1 Å². The standard InChI is InChI=1S/C19H21N3O6/c1-2-20-10-9-16(24)28-11-21-15(23)8-7-14(19(21)27)22-17(25)12-5-3-4-6-13(12)18(22)26/h3-6,14,20H,2,7-11H2,1H3. The summed E-state index contributed by atoms with van der Waals surface area (Å²) in [6.45, 7) is 2.51. The number of fused-ring (bicyclic) bond motifs is 1. The Kier molecular flexibility index (Phi) is 5.84. The number of carbonyl (C=O) groups is 5. The SMILES string of the molecule is CCNCCC(=O)OCN1C(=O)CCC(N2C(=O)c3ccccc3C2=O)C1=O. The summed E-state index contributed by atoms with van der Waals surface area (Å²) >= 11 is 0. The van der Waals surface area contributed by atoms with Crippen molar-refractivity contribution in [2.75, 3.05) is 19.8 Å². The minimum Gasteiger partial charge on any atom is -0.444 e. The molecule has 9 nitrogen and oxygen atoms in total. The van der Waals surface area contributed by atoms with E-state index in [4.69, 9.17) is 4.74 Å². The van der Waals surface area contributed by atoms with Gasteiger partial charge in [0.15, 0.2) is 6.73 Å². The van der Waals surface area contributed by atoms with E-state index < -0.39 is 42.4 Å². The molecule has 0 aromatic heterocycles. The van der Waals surface area contributed by atoms with E-state index in [1.54, 1.807) is 12.1 Å². The van der Waals surface area contributed by atoms with Crippen molar-refractivity contribution in [2.45, 2.75) is 32.2 Å². The fraction of sp³-hybridized carbons (Fsp3) is 0.421. The number of amides is 4. The van der Waals surface area contributed by atoms with Gasteiger partial charge in [0.1, 0.15) is 6.04 Å². The molecule has 1 saturated heterocycles. The normalized spacial score (nSPS) is 19.2. The topological polar surface area (TPSA) is 113 Å². The molecular formula is C19H21N3O6. The van der Waals surface area contributed by atoms with Crippen LogP contribution in [0, 0.1) is 0 Å². The molecule has 4 amide bonds. The van der Waals surface area contributed by atoms with E-state index in [1.807, 2.05) is 6.92 Å². The third kappa shape index (κ3) is 3.65. The molecule has 3 rings (SSSR count). The zero-order chi connectivity index (χ0) is 20.3. The Bertz CT molecular complexity index is 802. The molecule has 2 aliphatic rings. The van der Waals surface area contributed by atoms with Crippen molar-refractivity contribution >= 4 is 29.6 Å². The molecule has 2 heterocycles. The van der Waals surface area contributed by atoms with Crippen LogP contribution in [-0.2, 0) is 19.1 Å². The maximum Gasteiger partial charge on any atom is 0.308 e. The van der Waals surface area contributed by atoms with Crippen molar-refractivity contribution in [1.82, 2.24) is 15.1 Å². The number of piperidine rings is 1. The Morgan fingerprint density at radius 3 is 2.39 bits per heavy atom. The number of ether oxygens (including phenoxy) is 1. The third-order valence-corrected chi connectivity index (χ3v) is 4.73. The van der Waals surface area contributed by atoms with Crippen LogP contribution in [0.1, 0.15) is 46.9 Å². The molecule has 0 radical (unpaired) electrons. The van der Waals surface area contributed by atoms with Crippen molar-refractivity contribution in [3.8, 4) is 0 Å². The number of carbonyl (C=O) groups excluding carboxylic acids is 5. The van der Waals surface area contributed by atoms with Gasteiger partial charge in [-0.3, -0.25) is 28.9 Å². The number of rotatable bonds is 7. The van der Waals surface area contributed by atoms with Gasteiger partial charge in [0.2, 0.25) is 5.91 Å². The van der Waals surface area contributed by atoms with E-state index in [2.05, 4.69) is 5.32 Å². The van der Waals surface area contributed by atoms with Crippen LogP contribution in [0.2, 0.25) is 0 Å². The summed E-state index contributed by atoms with van der Waals surface area (Å²) in [5.41, 5.74) is 0.470. The van der Waals surface area contributed by atoms with Gasteiger partial charge in [-0.25, -0.2) is 4.90 Å². The Morgan fingerprint density at radius 1 is 1.14 bits per heavy atom. The summed E-state index contributed by atoms with van der Waals surface area (Å²) in [7, 11) is 0. The summed E-state index contributed by atoms with van der Waals surface area (Å²) < 4.78 is 5.01. The van der Waals surface area contributed by atoms with Crippen LogP contribution in [0.4, 0.5) is 0 Å². The zero-order valence-corrected chi connectivity index (χ0v) is 15.5. The minimum atomic E-state index is -1.09. The monoisotopic (exact) mass is 387 g/mol. The van der Waals surface area contributed by atoms with E-state index >= 15 is 0 Å². The molecule has 0 spiro atoms. The van der Waals surface area contributed by atoms with E-state index in [0.717, 1.165) is 9.80 Å². The highest BCUT2D eigenvalue weighted by Crippen LogP contribution is 2.28. The lowest BCUT2D eigenvalue weighted by atomic mass is 10.0. The highest BCUT2D eigenvalue weighted by Gasteiger charge is 2.47. The molecule has 1 unspecified atom stereocenters. The molecule has 2 aliphatic heterocycles. The smallest absolute Gasteiger partial charge is 0.308 e. The van der Waals surface area contributed by atoms with Crippen LogP contribution in [0.15, 0.2) is 24.3 Å². The maximum absolute atomic E-state index is 12.8. The Balaban J connectivity index is 1.69. The van der Waals surface area contributed by atoms with Gasteiger partial charge in [-0.2, -0.15) is 0 Å². The van der Waals surface area contributed by atoms with Gasteiger partial charge in [0.05, 0.1) is 17.5 Å². The van der Waals surface area contributed by atoms with Gasteiger partial charge in [0.25, 0.3) is 17.7 Å². The number of benzene rings is 1. The van der Waals surface area contributed by atoms with E-state index in [1.165, 1.54) is 12.1 Å². The second-order valence-corrected chi connectivity index (χ2v) is 6.49. The van der Waals surface area contributed by atoms with Crippen molar-refractivity contribution in [2.24, 2.45) is 0 Å². The number of hydrogen-bond donors (Lipinski definition) is 1. The highest BCUT2D eigenvalue weighted by atomic mass is 16.5. The van der Waals surface area contributed by atoms with Gasteiger partial charge in [-0.15, -0.1) is 0 Å². The number of imide groups is 2. The van der Waals surface area contributed by atoms with Gasteiger partial charge < -0.3 is 10.1 Å². The second kappa shape index (κ2) is 8.30. The number of likely N-dealkylation sites (tertiary alicyclic amines) is 1. The summed E-state index contributed by atoms with van der Waals surface area (Å²) in [5.74, 6) is -2.89. The predicted molar refractivity (Wildman–Crippen MR) is 95.9 cm³/mol. The summed E-state index contributed by atoms with van der Waals surface area (Å²) in [5, 5.41) is 2.97. The van der Waals surface area contributed by atoms with E-state index in [9.17, 15) is 24.0 Å². The van der Waals surface area contributed by atoms with E-state index in [-0.39, 0.29) is 30.4 Å². The van der Waals surface area contributed by atoms with Crippen LogP contribution in [0.25, 0.3) is 0 Å². The average Bonchev–Trinajstić information content (AvgIpc) is 2.93. The molecule has 148 valence electrons. The van der Waals surface area contributed by atoms with Crippen LogP contribution in [0.3, 0.4) is 0 Å². The average molecular weight is 387 g/mol. The van der Waals surface area contributed by atoms with Crippen molar-refractivity contribution in [3.63, 3.8) is 0 Å². The lowest BCUT2D eigenvalue weighted by molar-refractivity contribution is -0.163. The number of nitrogens with one attached hydrogen (secondary N) is 1. The van der Waals surface area contributed by atoms with Gasteiger partial charge in [0, 0.05) is 13.0 Å². The van der Waals surface area contributed by atoms with Crippen molar-refractivity contribution in [1.29, 1.82) is 0 Å². The Labute approximate surface area is 161 Å². The minimum absolute atomic E-state index is 0.0290. The molecule has 1 fully saturated rings. The second-order valence-electron chi connectivity index (χ2n) is 6.49. The first-order chi connectivity index (χ1) is 13.5. The first-order valence-corrected chi connectivity index (χ1v) is 9.13. The van der Waals surface area contributed by atoms with Crippen LogP contribution >= 0.6 is 0 Å². The molecule has 1 aromatic rings. The molecule has 0 saturated carbocycles. The van der Waals surface area contributed by atoms with Crippen molar-refractivity contribution < 1.29 is 28.7 Å². The first-order valence-electron chi connectivity index (χ1n) is 9.13. The fourth-order valence-electron chi connectivity index (χ4n) is 3.26. The molecular weight excluding hydrogens is 366 g/mol. The Morgan fingerprint density at radius 2 is 1.79 bits per heavy atom. The summed E-state index contributed by atoms with van der Waals surface area (Å²) in [6.07, 6.45) is 0.124. The van der Waals surface area contributed by atoms with Gasteiger partial charge in [-0.05, 0) is 25.1 Å². The van der Waals surface area contributed by atoms with Crippen molar-refractivity contribution in [3.05, 3.63) is 35.4 Å². The molecule has 1 atom stereocenters. The third-order valence-electron chi connectivity index (χ3n) is 4.73. The molecule has 9 heteroatoms. The Hall–Kier alpha value is -3.07. The lowest BCUT2D eigenvalue weighted by Crippen LogP contribution is -2.56. The van der Waals surface area contributed by atoms with E-state index in [0.29, 0.717) is 13.1 Å². The van der Waals surface area contributed by atoms with Gasteiger partial charge >= 0.3 is 5.97 Å². The molecule has 1 N–H and O–H groups in total. The zero-order valence-electron chi connectivity index (χ0n) is 15.5. The number of nitrogens with zero attached hydrogens (tertiary/aromatic N) is 2. The molecule has 0 aliphatic carbocycles. The molecule has 28 heavy (non-hydrogen) atoms. The first kappa shape index (κ1) is 19.7. The fourth-order valence-corrected chi connectivity index (χ4v) is 3.26. The maximum atomic E-state index is 12.8. The number of hydrogen-bond acceptors (Lipinski definition) is 7. The predicted octanol–water partition coefficient (Wildman–Crippen LogP) is 0.301.